The van der Waals surface area contributed by atoms with Crippen molar-refractivity contribution in [1.29, 1.82) is 0 Å². The maximum atomic E-state index is 11.6. The third kappa shape index (κ3) is 3.59. The van der Waals surface area contributed by atoms with E-state index in [4.69, 9.17) is 14.3 Å². The van der Waals surface area contributed by atoms with Gasteiger partial charge in [0, 0.05) is 7.11 Å². The number of carbonyl (C=O) groups is 2. The molecule has 0 bridgehead atoms. The Morgan fingerprint density at radius 1 is 1.56 bits per heavy atom. The van der Waals surface area contributed by atoms with E-state index < -0.39 is 5.97 Å². The van der Waals surface area contributed by atoms with E-state index in [0.717, 1.165) is 0 Å². The third-order valence-corrected chi connectivity index (χ3v) is 2.50. The SMILES string of the molecule is COCC(C)C(=O)NCc1cc(C(=O)O)c(C)o1. The number of rotatable bonds is 6. The summed E-state index contributed by atoms with van der Waals surface area (Å²) in [6, 6.07) is 1.42. The second-order valence-electron chi connectivity index (χ2n) is 4.06. The van der Waals surface area contributed by atoms with Gasteiger partial charge in [0.05, 0.1) is 19.1 Å². The van der Waals surface area contributed by atoms with Crippen LogP contribution in [0, 0.1) is 12.8 Å². The second-order valence-corrected chi connectivity index (χ2v) is 4.06. The molecule has 1 rings (SSSR count). The van der Waals surface area contributed by atoms with Crippen LogP contribution in [-0.2, 0) is 16.1 Å². The van der Waals surface area contributed by atoms with Gasteiger partial charge < -0.3 is 19.6 Å². The number of aromatic carboxylic acids is 1. The maximum absolute atomic E-state index is 11.6. The number of aryl methyl sites for hydroxylation is 1. The summed E-state index contributed by atoms with van der Waals surface area (Å²) >= 11 is 0. The number of ether oxygens (including phenoxy) is 1. The Labute approximate surface area is 105 Å². The minimum Gasteiger partial charge on any atom is -0.478 e. The van der Waals surface area contributed by atoms with Crippen LogP contribution in [0.1, 0.15) is 28.8 Å². The molecule has 0 aliphatic heterocycles. The van der Waals surface area contributed by atoms with Crippen molar-refractivity contribution in [1.82, 2.24) is 5.32 Å². The summed E-state index contributed by atoms with van der Waals surface area (Å²) in [4.78, 5) is 22.4. The Morgan fingerprint density at radius 3 is 2.72 bits per heavy atom. The molecule has 6 heteroatoms. The van der Waals surface area contributed by atoms with E-state index in [2.05, 4.69) is 5.32 Å². The third-order valence-electron chi connectivity index (χ3n) is 2.50. The van der Waals surface area contributed by atoms with Crippen molar-refractivity contribution >= 4 is 11.9 Å². The summed E-state index contributed by atoms with van der Waals surface area (Å²) in [6.45, 7) is 3.82. The molecule has 0 saturated carbocycles. The molecule has 18 heavy (non-hydrogen) atoms. The summed E-state index contributed by atoms with van der Waals surface area (Å²) < 4.78 is 10.1. The molecule has 0 saturated heterocycles. The average molecular weight is 255 g/mol. The molecule has 1 amide bonds. The van der Waals surface area contributed by atoms with E-state index in [1.165, 1.54) is 13.2 Å². The van der Waals surface area contributed by atoms with Crippen molar-refractivity contribution < 1.29 is 23.8 Å². The number of amides is 1. The minimum absolute atomic E-state index is 0.115. The predicted octanol–water partition coefficient (Wildman–Crippen LogP) is 1.18. The molecule has 0 aliphatic carbocycles. The summed E-state index contributed by atoms with van der Waals surface area (Å²) in [5, 5.41) is 11.5. The van der Waals surface area contributed by atoms with Crippen LogP contribution >= 0.6 is 0 Å². The zero-order valence-electron chi connectivity index (χ0n) is 10.6. The van der Waals surface area contributed by atoms with Crippen LogP contribution in [0.3, 0.4) is 0 Å². The van der Waals surface area contributed by atoms with Gasteiger partial charge in [0.1, 0.15) is 17.1 Å². The Kier molecular flexibility index (Phi) is 4.91. The fourth-order valence-electron chi connectivity index (χ4n) is 1.52. The van der Waals surface area contributed by atoms with Crippen LogP contribution in [0.4, 0.5) is 0 Å². The second kappa shape index (κ2) is 6.20. The molecule has 0 aromatic carbocycles. The molecule has 1 aromatic rings. The standard InChI is InChI=1S/C12H17NO5/c1-7(6-17-3)11(14)13-5-9-4-10(12(15)16)8(2)18-9/h4,7H,5-6H2,1-3H3,(H,13,14)(H,15,16). The molecule has 1 aromatic heterocycles. The van der Waals surface area contributed by atoms with Crippen LogP contribution < -0.4 is 5.32 Å². The van der Waals surface area contributed by atoms with E-state index in [1.807, 2.05) is 0 Å². The normalized spacial score (nSPS) is 12.2. The smallest absolute Gasteiger partial charge is 0.339 e. The van der Waals surface area contributed by atoms with Gasteiger partial charge in [-0.05, 0) is 13.0 Å². The van der Waals surface area contributed by atoms with Gasteiger partial charge in [-0.2, -0.15) is 0 Å². The van der Waals surface area contributed by atoms with Crippen molar-refractivity contribution in [2.75, 3.05) is 13.7 Å². The van der Waals surface area contributed by atoms with Crippen LogP contribution in [-0.4, -0.2) is 30.7 Å². The Bertz CT molecular complexity index is 438. The summed E-state index contributed by atoms with van der Waals surface area (Å²) in [5.74, 6) is -0.714. The Hall–Kier alpha value is -1.82. The lowest BCUT2D eigenvalue weighted by Gasteiger charge is -2.09. The number of carbonyl (C=O) groups excluding carboxylic acids is 1. The monoisotopic (exact) mass is 255 g/mol. The van der Waals surface area contributed by atoms with Crippen LogP contribution in [0.5, 0.6) is 0 Å². The van der Waals surface area contributed by atoms with Gasteiger partial charge >= 0.3 is 5.97 Å². The highest BCUT2D eigenvalue weighted by molar-refractivity contribution is 5.88. The lowest BCUT2D eigenvalue weighted by Crippen LogP contribution is -2.30. The van der Waals surface area contributed by atoms with E-state index in [1.54, 1.807) is 13.8 Å². The molecule has 6 nitrogen and oxygen atoms in total. The van der Waals surface area contributed by atoms with Gasteiger partial charge in [0.15, 0.2) is 0 Å². The summed E-state index contributed by atoms with van der Waals surface area (Å²) in [5.41, 5.74) is 0.115. The van der Waals surface area contributed by atoms with Crippen molar-refractivity contribution in [2.24, 2.45) is 5.92 Å². The van der Waals surface area contributed by atoms with E-state index >= 15 is 0 Å². The molecular formula is C12H17NO5. The first kappa shape index (κ1) is 14.2. The summed E-state index contributed by atoms with van der Waals surface area (Å²) in [6.07, 6.45) is 0. The predicted molar refractivity (Wildman–Crippen MR) is 63.3 cm³/mol. The number of carboxylic acid groups (broad SMARTS) is 1. The molecule has 1 atom stereocenters. The van der Waals surface area contributed by atoms with E-state index in [0.29, 0.717) is 18.1 Å². The van der Waals surface area contributed by atoms with Crippen molar-refractivity contribution in [3.05, 3.63) is 23.2 Å². The van der Waals surface area contributed by atoms with Crippen molar-refractivity contribution in [3.63, 3.8) is 0 Å². The number of nitrogens with one attached hydrogen (secondary N) is 1. The van der Waals surface area contributed by atoms with E-state index in [9.17, 15) is 9.59 Å². The largest absolute Gasteiger partial charge is 0.478 e. The number of methoxy groups -OCH3 is 1. The number of carboxylic acids is 1. The van der Waals surface area contributed by atoms with Crippen LogP contribution in [0.15, 0.2) is 10.5 Å². The lowest BCUT2D eigenvalue weighted by atomic mass is 10.2. The molecule has 0 spiro atoms. The molecular weight excluding hydrogens is 238 g/mol. The molecule has 100 valence electrons. The van der Waals surface area contributed by atoms with Gasteiger partial charge in [-0.1, -0.05) is 6.92 Å². The molecule has 0 radical (unpaired) electrons. The fraction of sp³-hybridized carbons (Fsp3) is 0.500. The molecule has 1 unspecified atom stereocenters. The van der Waals surface area contributed by atoms with Gasteiger partial charge in [-0.25, -0.2) is 4.79 Å². The highest BCUT2D eigenvalue weighted by atomic mass is 16.5. The molecule has 2 N–H and O–H groups in total. The van der Waals surface area contributed by atoms with Gasteiger partial charge in [-0.15, -0.1) is 0 Å². The highest BCUT2D eigenvalue weighted by Gasteiger charge is 2.16. The topological polar surface area (TPSA) is 88.8 Å². The molecule has 0 aliphatic rings. The van der Waals surface area contributed by atoms with Gasteiger partial charge in [-0.3, -0.25) is 4.79 Å². The Balaban J connectivity index is 2.56. The fourth-order valence-corrected chi connectivity index (χ4v) is 1.52. The van der Waals surface area contributed by atoms with Crippen LogP contribution in [0.25, 0.3) is 0 Å². The van der Waals surface area contributed by atoms with Crippen molar-refractivity contribution in [3.8, 4) is 0 Å². The zero-order valence-corrected chi connectivity index (χ0v) is 10.6. The quantitative estimate of drug-likeness (QED) is 0.797. The van der Waals surface area contributed by atoms with Gasteiger partial charge in [0.25, 0.3) is 0 Å². The number of furan rings is 1. The molecule has 0 fully saturated rings. The first-order valence-corrected chi connectivity index (χ1v) is 5.55. The highest BCUT2D eigenvalue weighted by Crippen LogP contribution is 2.14. The zero-order chi connectivity index (χ0) is 13.7. The first-order valence-electron chi connectivity index (χ1n) is 5.55. The first-order chi connectivity index (χ1) is 8.45. The average Bonchev–Trinajstić information content (AvgIpc) is 2.68. The number of hydrogen-bond donors (Lipinski definition) is 2. The molecule has 1 heterocycles. The maximum Gasteiger partial charge on any atom is 0.339 e. The van der Waals surface area contributed by atoms with E-state index in [-0.39, 0.29) is 23.9 Å². The Morgan fingerprint density at radius 2 is 2.22 bits per heavy atom. The minimum atomic E-state index is -1.04. The summed E-state index contributed by atoms with van der Waals surface area (Å²) in [7, 11) is 1.53. The van der Waals surface area contributed by atoms with Crippen molar-refractivity contribution in [2.45, 2.75) is 20.4 Å². The lowest BCUT2D eigenvalue weighted by molar-refractivity contribution is -0.126. The van der Waals surface area contributed by atoms with Crippen LogP contribution in [0.2, 0.25) is 0 Å². The van der Waals surface area contributed by atoms with Gasteiger partial charge in [0.2, 0.25) is 5.91 Å². The number of hydrogen-bond acceptors (Lipinski definition) is 4.